The van der Waals surface area contributed by atoms with Gasteiger partial charge in [-0.25, -0.2) is 4.79 Å². The van der Waals surface area contributed by atoms with E-state index in [0.29, 0.717) is 13.0 Å². The second kappa shape index (κ2) is 4.36. The Hall–Kier alpha value is -0.700. The minimum atomic E-state index is -0.186. The molecule has 3 heteroatoms. The number of ether oxygens (including phenoxy) is 1. The molecule has 1 heterocycles. The van der Waals surface area contributed by atoms with Crippen LogP contribution in [-0.2, 0) is 9.53 Å². The molecular formula is C9H12O2S. The fraction of sp³-hybridized carbons (Fsp3) is 0.444. The van der Waals surface area contributed by atoms with E-state index >= 15 is 0 Å². The van der Waals surface area contributed by atoms with Gasteiger partial charge in [-0.1, -0.05) is 6.08 Å². The zero-order valence-electron chi connectivity index (χ0n) is 7.29. The average Bonchev–Trinajstić information content (AvgIpc) is 2.06. The molecule has 0 unspecified atom stereocenters. The topological polar surface area (TPSA) is 26.3 Å². The monoisotopic (exact) mass is 184 g/mol. The fourth-order valence-electron chi connectivity index (χ4n) is 0.869. The Morgan fingerprint density at radius 1 is 1.75 bits per heavy atom. The van der Waals surface area contributed by atoms with E-state index in [0.717, 1.165) is 5.57 Å². The van der Waals surface area contributed by atoms with Crippen molar-refractivity contribution < 1.29 is 9.53 Å². The third kappa shape index (κ3) is 2.41. The number of rotatable bonds is 2. The Morgan fingerprint density at radius 2 is 2.50 bits per heavy atom. The zero-order valence-corrected chi connectivity index (χ0v) is 8.11. The summed E-state index contributed by atoms with van der Waals surface area (Å²) in [6.07, 6.45) is 2.74. The lowest BCUT2D eigenvalue weighted by molar-refractivity contribution is -0.138. The van der Waals surface area contributed by atoms with Crippen LogP contribution in [0.3, 0.4) is 0 Å². The molecule has 66 valence electrons. The Bertz CT molecular complexity index is 241. The van der Waals surface area contributed by atoms with Gasteiger partial charge in [-0.3, -0.25) is 0 Å². The first-order valence-electron chi connectivity index (χ1n) is 3.93. The molecule has 12 heavy (non-hydrogen) atoms. The molecule has 0 aromatic carbocycles. The van der Waals surface area contributed by atoms with Crippen molar-refractivity contribution in [3.8, 4) is 0 Å². The molecule has 1 aliphatic heterocycles. The lowest BCUT2D eigenvalue weighted by atomic mass is 10.2. The molecule has 0 radical (unpaired) electrons. The Labute approximate surface area is 76.7 Å². The molecule has 0 fully saturated rings. The van der Waals surface area contributed by atoms with Crippen LogP contribution in [0, 0.1) is 0 Å². The molecule has 1 rings (SSSR count). The molecule has 1 aliphatic rings. The van der Waals surface area contributed by atoms with Crippen molar-refractivity contribution >= 4 is 17.7 Å². The third-order valence-corrected chi connectivity index (χ3v) is 2.47. The predicted octanol–water partition coefficient (Wildman–Crippen LogP) is 2.47. The maximum Gasteiger partial charge on any atom is 0.334 e. The van der Waals surface area contributed by atoms with Crippen LogP contribution in [0.4, 0.5) is 0 Å². The molecule has 0 spiro atoms. The second-order valence-electron chi connectivity index (χ2n) is 2.50. The molecule has 0 aliphatic carbocycles. The summed E-state index contributed by atoms with van der Waals surface area (Å²) in [7, 11) is 0. The number of carbonyl (C=O) groups is 1. The highest BCUT2D eigenvalue weighted by atomic mass is 32.2. The summed E-state index contributed by atoms with van der Waals surface area (Å²) in [5.41, 5.74) is 0.757. The molecule has 0 aromatic heterocycles. The lowest BCUT2D eigenvalue weighted by Crippen LogP contribution is -2.07. The van der Waals surface area contributed by atoms with Crippen molar-refractivity contribution in [3.63, 3.8) is 0 Å². The molecule has 0 saturated carbocycles. The number of hydrogen-bond acceptors (Lipinski definition) is 3. The molecule has 0 N–H and O–H groups in total. The van der Waals surface area contributed by atoms with Crippen LogP contribution in [0.5, 0.6) is 0 Å². The summed E-state index contributed by atoms with van der Waals surface area (Å²) < 4.78 is 4.87. The molecular weight excluding hydrogens is 172 g/mol. The number of allylic oxidation sites excluding steroid dienone is 2. The maximum absolute atomic E-state index is 11.2. The summed E-state index contributed by atoms with van der Waals surface area (Å²) in [4.78, 5) is 12.4. The van der Waals surface area contributed by atoms with E-state index in [1.54, 1.807) is 11.8 Å². The highest BCUT2D eigenvalue weighted by molar-refractivity contribution is 8.05. The summed E-state index contributed by atoms with van der Waals surface area (Å²) in [6, 6.07) is 0. The van der Waals surface area contributed by atoms with Crippen LogP contribution < -0.4 is 0 Å². The van der Waals surface area contributed by atoms with Crippen LogP contribution >= 0.6 is 11.8 Å². The van der Waals surface area contributed by atoms with Gasteiger partial charge in [0.1, 0.15) is 0 Å². The van der Waals surface area contributed by atoms with Crippen molar-refractivity contribution in [1.82, 2.24) is 0 Å². The van der Waals surface area contributed by atoms with Gasteiger partial charge in [0.2, 0.25) is 0 Å². The van der Waals surface area contributed by atoms with E-state index in [-0.39, 0.29) is 5.97 Å². The molecule has 0 aromatic rings. The molecule has 2 nitrogen and oxygen atoms in total. The van der Waals surface area contributed by atoms with Crippen molar-refractivity contribution in [1.29, 1.82) is 0 Å². The normalized spacial score (nSPS) is 16.5. The van der Waals surface area contributed by atoms with Gasteiger partial charge >= 0.3 is 5.97 Å². The molecule has 0 atom stereocenters. The number of carbonyl (C=O) groups excluding carboxylic acids is 1. The van der Waals surface area contributed by atoms with Gasteiger partial charge < -0.3 is 4.74 Å². The van der Waals surface area contributed by atoms with Gasteiger partial charge in [0.05, 0.1) is 6.61 Å². The van der Waals surface area contributed by atoms with Crippen molar-refractivity contribution in [2.45, 2.75) is 20.3 Å². The van der Waals surface area contributed by atoms with Gasteiger partial charge in [0.15, 0.2) is 0 Å². The third-order valence-electron chi connectivity index (χ3n) is 1.53. The Kier molecular flexibility index (Phi) is 3.41. The Morgan fingerprint density at radius 3 is 3.00 bits per heavy atom. The van der Waals surface area contributed by atoms with E-state index in [4.69, 9.17) is 4.74 Å². The quantitative estimate of drug-likeness (QED) is 0.617. The maximum atomic E-state index is 11.2. The smallest absolute Gasteiger partial charge is 0.334 e. The van der Waals surface area contributed by atoms with Gasteiger partial charge in [-0.05, 0) is 30.6 Å². The van der Waals surface area contributed by atoms with E-state index in [9.17, 15) is 4.79 Å². The number of thioether (sulfide) groups is 1. The Balaban J connectivity index is 2.50. The van der Waals surface area contributed by atoms with Gasteiger partial charge in [-0.15, -0.1) is 11.8 Å². The van der Waals surface area contributed by atoms with Gasteiger partial charge in [0.25, 0.3) is 0 Å². The second-order valence-corrected chi connectivity index (χ2v) is 3.62. The lowest BCUT2D eigenvalue weighted by Gasteiger charge is -2.09. The SMILES string of the molecule is CCOC(=O)C1=CSC(C)=CC1. The van der Waals surface area contributed by atoms with Crippen molar-refractivity contribution in [3.05, 3.63) is 22.0 Å². The summed E-state index contributed by atoms with van der Waals surface area (Å²) in [6.45, 7) is 4.29. The van der Waals surface area contributed by atoms with E-state index in [2.05, 4.69) is 0 Å². The summed E-state index contributed by atoms with van der Waals surface area (Å²) in [5.74, 6) is -0.186. The largest absolute Gasteiger partial charge is 0.463 e. The predicted molar refractivity (Wildman–Crippen MR) is 50.7 cm³/mol. The fourth-order valence-corrected chi connectivity index (χ4v) is 1.57. The summed E-state index contributed by atoms with van der Waals surface area (Å²) in [5, 5.41) is 1.87. The van der Waals surface area contributed by atoms with Crippen molar-refractivity contribution in [2.75, 3.05) is 6.61 Å². The minimum Gasteiger partial charge on any atom is -0.463 e. The molecule has 0 amide bonds. The average molecular weight is 184 g/mol. The highest BCUT2D eigenvalue weighted by Crippen LogP contribution is 2.26. The molecule has 0 saturated heterocycles. The van der Waals surface area contributed by atoms with Crippen LogP contribution in [-0.4, -0.2) is 12.6 Å². The zero-order chi connectivity index (χ0) is 8.97. The number of esters is 1. The standard InChI is InChI=1S/C9H12O2S/c1-3-11-9(10)8-5-4-7(2)12-6-8/h4,6H,3,5H2,1-2H3. The minimum absolute atomic E-state index is 0.186. The van der Waals surface area contributed by atoms with E-state index in [1.165, 1.54) is 4.91 Å². The van der Waals surface area contributed by atoms with Crippen molar-refractivity contribution in [2.24, 2.45) is 0 Å². The molecule has 0 bridgehead atoms. The number of hydrogen-bond donors (Lipinski definition) is 0. The summed E-state index contributed by atoms with van der Waals surface area (Å²) >= 11 is 1.58. The first-order chi connectivity index (χ1) is 5.74. The van der Waals surface area contributed by atoms with Crippen LogP contribution in [0.1, 0.15) is 20.3 Å². The van der Waals surface area contributed by atoms with E-state index in [1.807, 2.05) is 25.3 Å². The first-order valence-corrected chi connectivity index (χ1v) is 4.81. The first kappa shape index (κ1) is 9.39. The van der Waals surface area contributed by atoms with Gasteiger partial charge in [-0.2, -0.15) is 0 Å². The highest BCUT2D eigenvalue weighted by Gasteiger charge is 2.11. The van der Waals surface area contributed by atoms with E-state index < -0.39 is 0 Å². The van der Waals surface area contributed by atoms with Crippen LogP contribution in [0.15, 0.2) is 22.0 Å². The van der Waals surface area contributed by atoms with Crippen LogP contribution in [0.2, 0.25) is 0 Å². The van der Waals surface area contributed by atoms with Gasteiger partial charge in [0, 0.05) is 5.57 Å². The van der Waals surface area contributed by atoms with Crippen LogP contribution in [0.25, 0.3) is 0 Å².